The SMILES string of the molecule is CC(Cn1ccc2cc(Cl)ccc21)N=[N+]=[N-]. The van der Waals surface area contributed by atoms with Crippen molar-refractivity contribution in [3.05, 3.63) is 45.9 Å². The summed E-state index contributed by atoms with van der Waals surface area (Å²) in [5.41, 5.74) is 9.45. The van der Waals surface area contributed by atoms with E-state index in [2.05, 4.69) is 14.6 Å². The molecule has 0 amide bonds. The molecule has 0 spiro atoms. The van der Waals surface area contributed by atoms with Gasteiger partial charge in [-0.2, -0.15) is 0 Å². The molecule has 1 unspecified atom stereocenters. The highest BCUT2D eigenvalue weighted by Crippen LogP contribution is 2.20. The van der Waals surface area contributed by atoms with Crippen LogP contribution in [0.4, 0.5) is 0 Å². The number of aromatic nitrogens is 1. The normalized spacial score (nSPS) is 12.4. The Balaban J connectivity index is 2.35. The second-order valence-corrected chi connectivity index (χ2v) is 4.16. The van der Waals surface area contributed by atoms with Crippen LogP contribution in [0.2, 0.25) is 5.02 Å². The van der Waals surface area contributed by atoms with Crippen molar-refractivity contribution in [1.82, 2.24) is 4.57 Å². The predicted molar refractivity (Wildman–Crippen MR) is 65.6 cm³/mol. The quantitative estimate of drug-likeness (QED) is 0.438. The van der Waals surface area contributed by atoms with Crippen LogP contribution in [-0.4, -0.2) is 10.6 Å². The van der Waals surface area contributed by atoms with Gasteiger partial charge in [0.05, 0.1) is 6.04 Å². The highest BCUT2D eigenvalue weighted by atomic mass is 35.5. The van der Waals surface area contributed by atoms with Crippen LogP contribution in [0.1, 0.15) is 6.92 Å². The largest absolute Gasteiger partial charge is 0.347 e. The van der Waals surface area contributed by atoms with Crippen LogP contribution >= 0.6 is 11.6 Å². The molecular weight excluding hydrogens is 224 g/mol. The second-order valence-electron chi connectivity index (χ2n) is 3.73. The molecule has 2 rings (SSSR count). The maximum absolute atomic E-state index is 8.35. The number of fused-ring (bicyclic) bond motifs is 1. The van der Waals surface area contributed by atoms with Gasteiger partial charge in [0, 0.05) is 33.6 Å². The summed E-state index contributed by atoms with van der Waals surface area (Å²) in [6.45, 7) is 2.57. The van der Waals surface area contributed by atoms with Gasteiger partial charge >= 0.3 is 0 Å². The van der Waals surface area contributed by atoms with Crippen molar-refractivity contribution in [1.29, 1.82) is 0 Å². The number of benzene rings is 1. The van der Waals surface area contributed by atoms with Crippen molar-refractivity contribution in [2.45, 2.75) is 19.5 Å². The van der Waals surface area contributed by atoms with Crippen LogP contribution in [0.25, 0.3) is 21.3 Å². The molecule has 4 nitrogen and oxygen atoms in total. The first kappa shape index (κ1) is 10.9. The lowest BCUT2D eigenvalue weighted by molar-refractivity contribution is 0.602. The van der Waals surface area contributed by atoms with Crippen molar-refractivity contribution < 1.29 is 0 Å². The highest BCUT2D eigenvalue weighted by molar-refractivity contribution is 6.31. The maximum atomic E-state index is 8.35. The third-order valence-electron chi connectivity index (χ3n) is 2.44. The average Bonchev–Trinajstić information content (AvgIpc) is 2.61. The smallest absolute Gasteiger partial charge is 0.0525 e. The molecule has 0 saturated heterocycles. The Hall–Kier alpha value is -1.64. The fraction of sp³-hybridized carbons (Fsp3) is 0.273. The van der Waals surface area contributed by atoms with Crippen LogP contribution in [0, 0.1) is 0 Å². The van der Waals surface area contributed by atoms with E-state index < -0.39 is 0 Å². The molecule has 82 valence electrons. The second kappa shape index (κ2) is 4.47. The van der Waals surface area contributed by atoms with E-state index in [0.29, 0.717) is 6.54 Å². The molecule has 0 aliphatic carbocycles. The number of azide groups is 1. The molecule has 0 radical (unpaired) electrons. The Morgan fingerprint density at radius 1 is 1.50 bits per heavy atom. The third kappa shape index (κ3) is 2.13. The fourth-order valence-electron chi connectivity index (χ4n) is 1.74. The molecule has 0 saturated carbocycles. The van der Waals surface area contributed by atoms with Gasteiger partial charge in [-0.25, -0.2) is 0 Å². The minimum atomic E-state index is -0.0590. The van der Waals surface area contributed by atoms with Gasteiger partial charge in [0.15, 0.2) is 0 Å². The first-order chi connectivity index (χ1) is 7.70. The summed E-state index contributed by atoms with van der Waals surface area (Å²) in [6.07, 6.45) is 1.98. The Morgan fingerprint density at radius 2 is 2.31 bits per heavy atom. The van der Waals surface area contributed by atoms with E-state index in [9.17, 15) is 0 Å². The average molecular weight is 235 g/mol. The molecule has 16 heavy (non-hydrogen) atoms. The zero-order valence-electron chi connectivity index (χ0n) is 8.84. The lowest BCUT2D eigenvalue weighted by atomic mass is 10.2. The van der Waals surface area contributed by atoms with E-state index in [4.69, 9.17) is 17.1 Å². The minimum absolute atomic E-state index is 0.0590. The molecular formula is C11H11ClN4. The van der Waals surface area contributed by atoms with E-state index >= 15 is 0 Å². The summed E-state index contributed by atoms with van der Waals surface area (Å²) in [5, 5.41) is 5.49. The van der Waals surface area contributed by atoms with Gasteiger partial charge in [0.2, 0.25) is 0 Å². The molecule has 0 aliphatic rings. The fourth-order valence-corrected chi connectivity index (χ4v) is 1.92. The molecule has 1 aromatic carbocycles. The third-order valence-corrected chi connectivity index (χ3v) is 2.68. The van der Waals surface area contributed by atoms with Crippen LogP contribution in [-0.2, 0) is 6.54 Å². The standard InChI is InChI=1S/C11H11ClN4/c1-8(14-15-13)7-16-5-4-9-6-10(12)2-3-11(9)16/h2-6,8H,7H2,1H3. The van der Waals surface area contributed by atoms with Gasteiger partial charge in [-0.3, -0.25) is 0 Å². The van der Waals surface area contributed by atoms with Crippen LogP contribution < -0.4 is 0 Å². The molecule has 1 atom stereocenters. The molecule has 2 aromatic rings. The van der Waals surface area contributed by atoms with Gasteiger partial charge in [0.25, 0.3) is 0 Å². The number of hydrogen-bond donors (Lipinski definition) is 0. The van der Waals surface area contributed by atoms with E-state index in [1.165, 1.54) is 0 Å². The lowest BCUT2D eigenvalue weighted by Crippen LogP contribution is -2.08. The summed E-state index contributed by atoms with van der Waals surface area (Å²) >= 11 is 5.91. The first-order valence-corrected chi connectivity index (χ1v) is 5.37. The number of halogens is 1. The van der Waals surface area contributed by atoms with Crippen molar-refractivity contribution in [2.75, 3.05) is 0 Å². The van der Waals surface area contributed by atoms with Gasteiger partial charge in [0.1, 0.15) is 0 Å². The monoisotopic (exact) mass is 234 g/mol. The summed E-state index contributed by atoms with van der Waals surface area (Å²) in [7, 11) is 0. The van der Waals surface area contributed by atoms with E-state index in [1.807, 2.05) is 37.4 Å². The summed E-state index contributed by atoms with van der Waals surface area (Å²) in [5.74, 6) is 0. The minimum Gasteiger partial charge on any atom is -0.347 e. The Labute approximate surface area is 98.1 Å². The summed E-state index contributed by atoms with van der Waals surface area (Å²) in [4.78, 5) is 2.80. The van der Waals surface area contributed by atoms with E-state index in [0.717, 1.165) is 15.9 Å². The predicted octanol–water partition coefficient (Wildman–Crippen LogP) is 3.99. The lowest BCUT2D eigenvalue weighted by Gasteiger charge is -2.07. The van der Waals surface area contributed by atoms with Gasteiger partial charge in [-0.1, -0.05) is 23.6 Å². The van der Waals surface area contributed by atoms with Gasteiger partial charge < -0.3 is 4.57 Å². The summed E-state index contributed by atoms with van der Waals surface area (Å²) < 4.78 is 2.06. The molecule has 1 heterocycles. The van der Waals surface area contributed by atoms with Crippen molar-refractivity contribution in [3.63, 3.8) is 0 Å². The summed E-state index contributed by atoms with van der Waals surface area (Å²) in [6, 6.07) is 7.70. The van der Waals surface area contributed by atoms with Crippen LogP contribution in [0.5, 0.6) is 0 Å². The van der Waals surface area contributed by atoms with Crippen molar-refractivity contribution >= 4 is 22.5 Å². The zero-order valence-corrected chi connectivity index (χ0v) is 9.59. The molecule has 0 N–H and O–H groups in total. The van der Waals surface area contributed by atoms with Gasteiger partial charge in [-0.05, 0) is 29.8 Å². The Kier molecular flexibility index (Phi) is 3.04. The van der Waals surface area contributed by atoms with Crippen LogP contribution in [0.15, 0.2) is 35.6 Å². The number of rotatable bonds is 3. The topological polar surface area (TPSA) is 53.7 Å². The maximum Gasteiger partial charge on any atom is 0.0525 e. The first-order valence-electron chi connectivity index (χ1n) is 4.99. The number of nitrogens with zero attached hydrogens (tertiary/aromatic N) is 4. The highest BCUT2D eigenvalue weighted by Gasteiger charge is 2.04. The number of hydrogen-bond acceptors (Lipinski definition) is 1. The molecule has 0 bridgehead atoms. The van der Waals surface area contributed by atoms with E-state index in [-0.39, 0.29) is 6.04 Å². The van der Waals surface area contributed by atoms with E-state index in [1.54, 1.807) is 0 Å². The molecule has 0 aliphatic heterocycles. The molecule has 5 heteroatoms. The van der Waals surface area contributed by atoms with Crippen molar-refractivity contribution in [3.8, 4) is 0 Å². The van der Waals surface area contributed by atoms with Crippen molar-refractivity contribution in [2.24, 2.45) is 5.11 Å². The molecule has 0 fully saturated rings. The van der Waals surface area contributed by atoms with Gasteiger partial charge in [-0.15, -0.1) is 0 Å². The Morgan fingerprint density at radius 3 is 3.06 bits per heavy atom. The zero-order chi connectivity index (χ0) is 11.5. The van der Waals surface area contributed by atoms with Crippen LogP contribution in [0.3, 0.4) is 0 Å². The Bertz CT molecular complexity index is 554. The molecule has 1 aromatic heterocycles.